The van der Waals surface area contributed by atoms with Gasteiger partial charge in [-0.15, -0.1) is 0 Å². The third-order valence-electron chi connectivity index (χ3n) is 4.65. The van der Waals surface area contributed by atoms with E-state index in [0.29, 0.717) is 22.8 Å². The number of ether oxygens (including phenoxy) is 1. The maximum Gasteiger partial charge on any atom is 0.329 e. The number of nitrogens with zero attached hydrogens (tertiary/aromatic N) is 1. The van der Waals surface area contributed by atoms with Gasteiger partial charge in [0.2, 0.25) is 0 Å². The Bertz CT molecular complexity index is 1160. The summed E-state index contributed by atoms with van der Waals surface area (Å²) >= 11 is 0. The molecule has 3 rings (SSSR count). The van der Waals surface area contributed by atoms with Crippen molar-refractivity contribution in [2.24, 2.45) is 5.10 Å². The van der Waals surface area contributed by atoms with Crippen LogP contribution in [0.15, 0.2) is 70.4 Å². The zero-order valence-electron chi connectivity index (χ0n) is 18.3. The highest BCUT2D eigenvalue weighted by Crippen LogP contribution is 2.17. The van der Waals surface area contributed by atoms with Gasteiger partial charge in [-0.1, -0.05) is 18.2 Å². The van der Waals surface area contributed by atoms with Gasteiger partial charge in [-0.3, -0.25) is 14.4 Å². The second kappa shape index (κ2) is 11.3. The number of hydrogen-bond donors (Lipinski definition) is 3. The standard InChI is InChI=1S/C24H24N4O5/c1-16-9-10-19(12-17(16)2)27-22(29)15-33-21-8-4-3-6-18(21)13-26-28-24(31)23(30)25-14-20-7-5-11-32-20/h3-13H,14-15H2,1-2H3,(H,25,30)(H,27,29)(H,28,31)/b26-13-. The first-order valence-electron chi connectivity index (χ1n) is 10.1. The van der Waals surface area contributed by atoms with Gasteiger partial charge in [-0.05, 0) is 61.4 Å². The lowest BCUT2D eigenvalue weighted by Crippen LogP contribution is -2.37. The topological polar surface area (TPSA) is 122 Å². The van der Waals surface area contributed by atoms with Crippen LogP contribution < -0.4 is 20.8 Å². The van der Waals surface area contributed by atoms with Crippen LogP contribution in [0.2, 0.25) is 0 Å². The van der Waals surface area contributed by atoms with E-state index in [1.165, 1.54) is 12.5 Å². The Hall–Kier alpha value is -4.40. The molecule has 0 fully saturated rings. The van der Waals surface area contributed by atoms with Crippen LogP contribution in [0.25, 0.3) is 0 Å². The number of carbonyl (C=O) groups is 3. The molecule has 0 bridgehead atoms. The molecule has 170 valence electrons. The Labute approximate surface area is 190 Å². The molecule has 0 spiro atoms. The Kier molecular flexibility index (Phi) is 7.96. The molecular formula is C24H24N4O5. The Morgan fingerprint density at radius 3 is 2.58 bits per heavy atom. The van der Waals surface area contributed by atoms with Crippen molar-refractivity contribution in [3.8, 4) is 5.75 Å². The average Bonchev–Trinajstić information content (AvgIpc) is 3.33. The van der Waals surface area contributed by atoms with E-state index in [4.69, 9.17) is 9.15 Å². The second-order valence-corrected chi connectivity index (χ2v) is 7.13. The molecule has 0 aliphatic carbocycles. The minimum atomic E-state index is -0.927. The van der Waals surface area contributed by atoms with Crippen molar-refractivity contribution in [1.82, 2.24) is 10.7 Å². The van der Waals surface area contributed by atoms with Gasteiger partial charge in [-0.2, -0.15) is 5.10 Å². The van der Waals surface area contributed by atoms with Gasteiger partial charge in [0.05, 0.1) is 19.0 Å². The summed E-state index contributed by atoms with van der Waals surface area (Å²) in [6.07, 6.45) is 2.80. The number of amides is 3. The van der Waals surface area contributed by atoms with E-state index in [-0.39, 0.29) is 19.1 Å². The van der Waals surface area contributed by atoms with Crippen molar-refractivity contribution >= 4 is 29.6 Å². The van der Waals surface area contributed by atoms with Gasteiger partial charge in [0.25, 0.3) is 5.91 Å². The van der Waals surface area contributed by atoms with E-state index in [9.17, 15) is 14.4 Å². The SMILES string of the molecule is Cc1ccc(NC(=O)COc2ccccc2/C=N\NC(=O)C(=O)NCc2ccco2)cc1C. The smallest absolute Gasteiger partial charge is 0.329 e. The number of carbonyl (C=O) groups excluding carboxylic acids is 3. The average molecular weight is 448 g/mol. The van der Waals surface area contributed by atoms with Crippen LogP contribution in [0.3, 0.4) is 0 Å². The molecule has 0 saturated heterocycles. The van der Waals surface area contributed by atoms with Crippen molar-refractivity contribution in [3.05, 3.63) is 83.3 Å². The Morgan fingerprint density at radius 2 is 1.82 bits per heavy atom. The third-order valence-corrected chi connectivity index (χ3v) is 4.65. The number of benzene rings is 2. The number of hydrogen-bond acceptors (Lipinski definition) is 6. The highest BCUT2D eigenvalue weighted by atomic mass is 16.5. The molecule has 3 amide bonds. The molecule has 3 N–H and O–H groups in total. The summed E-state index contributed by atoms with van der Waals surface area (Å²) in [4.78, 5) is 35.9. The van der Waals surface area contributed by atoms with Crippen LogP contribution in [0.4, 0.5) is 5.69 Å². The summed E-state index contributed by atoms with van der Waals surface area (Å²) < 4.78 is 10.7. The molecule has 1 heterocycles. The minimum Gasteiger partial charge on any atom is -0.483 e. The molecule has 0 radical (unpaired) electrons. The first kappa shape index (κ1) is 23.3. The van der Waals surface area contributed by atoms with Crippen molar-refractivity contribution in [2.45, 2.75) is 20.4 Å². The van der Waals surface area contributed by atoms with Crippen LogP contribution in [-0.4, -0.2) is 30.5 Å². The highest BCUT2D eigenvalue weighted by molar-refractivity contribution is 6.35. The van der Waals surface area contributed by atoms with Crippen molar-refractivity contribution < 1.29 is 23.5 Å². The monoisotopic (exact) mass is 448 g/mol. The van der Waals surface area contributed by atoms with Gasteiger partial charge >= 0.3 is 11.8 Å². The third kappa shape index (κ3) is 7.06. The van der Waals surface area contributed by atoms with Crippen LogP contribution in [0.5, 0.6) is 5.75 Å². The lowest BCUT2D eigenvalue weighted by molar-refractivity contribution is -0.139. The molecule has 0 saturated carbocycles. The van der Waals surface area contributed by atoms with Gasteiger partial charge in [0.15, 0.2) is 6.61 Å². The molecule has 0 aliphatic heterocycles. The lowest BCUT2D eigenvalue weighted by atomic mass is 10.1. The predicted octanol–water partition coefficient (Wildman–Crippen LogP) is 2.68. The summed E-state index contributed by atoms with van der Waals surface area (Å²) in [6.45, 7) is 3.85. The molecule has 0 atom stereocenters. The van der Waals surface area contributed by atoms with E-state index < -0.39 is 11.8 Å². The molecular weight excluding hydrogens is 424 g/mol. The van der Waals surface area contributed by atoms with Crippen LogP contribution in [-0.2, 0) is 20.9 Å². The molecule has 33 heavy (non-hydrogen) atoms. The summed E-state index contributed by atoms with van der Waals surface area (Å²) in [5, 5.41) is 8.99. The number of para-hydroxylation sites is 1. The van der Waals surface area contributed by atoms with E-state index in [2.05, 4.69) is 21.2 Å². The summed E-state index contributed by atoms with van der Waals surface area (Å²) in [7, 11) is 0. The molecule has 2 aromatic carbocycles. The Morgan fingerprint density at radius 1 is 1.00 bits per heavy atom. The maximum absolute atomic E-state index is 12.2. The fraction of sp³-hybridized carbons (Fsp3) is 0.167. The number of hydrazone groups is 1. The molecule has 9 nitrogen and oxygen atoms in total. The van der Waals surface area contributed by atoms with Gasteiger partial charge in [0.1, 0.15) is 11.5 Å². The molecule has 0 unspecified atom stereocenters. The molecule has 3 aromatic rings. The number of anilines is 1. The van der Waals surface area contributed by atoms with Crippen molar-refractivity contribution in [1.29, 1.82) is 0 Å². The summed E-state index contributed by atoms with van der Waals surface area (Å²) in [5.74, 6) is -1.17. The van der Waals surface area contributed by atoms with Gasteiger partial charge in [-0.25, -0.2) is 5.43 Å². The van der Waals surface area contributed by atoms with Crippen molar-refractivity contribution in [3.63, 3.8) is 0 Å². The van der Waals surface area contributed by atoms with Crippen molar-refractivity contribution in [2.75, 3.05) is 11.9 Å². The van der Waals surface area contributed by atoms with E-state index in [0.717, 1.165) is 11.1 Å². The summed E-state index contributed by atoms with van der Waals surface area (Å²) in [6, 6.07) is 15.9. The van der Waals surface area contributed by atoms with Gasteiger partial charge in [0, 0.05) is 11.3 Å². The van der Waals surface area contributed by atoms with Gasteiger partial charge < -0.3 is 19.8 Å². The highest BCUT2D eigenvalue weighted by Gasteiger charge is 2.13. The normalized spacial score (nSPS) is 10.6. The fourth-order valence-corrected chi connectivity index (χ4v) is 2.75. The maximum atomic E-state index is 12.2. The molecule has 9 heteroatoms. The van der Waals surface area contributed by atoms with Crippen LogP contribution >= 0.6 is 0 Å². The Balaban J connectivity index is 1.50. The fourth-order valence-electron chi connectivity index (χ4n) is 2.75. The quantitative estimate of drug-likeness (QED) is 0.278. The van der Waals surface area contributed by atoms with Crippen LogP contribution in [0, 0.1) is 13.8 Å². The first-order valence-corrected chi connectivity index (χ1v) is 10.1. The molecule has 0 aliphatic rings. The van der Waals surface area contributed by atoms with Crippen LogP contribution in [0.1, 0.15) is 22.5 Å². The number of rotatable bonds is 8. The predicted molar refractivity (Wildman–Crippen MR) is 123 cm³/mol. The number of aryl methyl sites for hydroxylation is 2. The largest absolute Gasteiger partial charge is 0.483 e. The van der Waals surface area contributed by atoms with E-state index >= 15 is 0 Å². The van der Waals surface area contributed by atoms with E-state index in [1.54, 1.807) is 36.4 Å². The zero-order chi connectivity index (χ0) is 23.6. The summed E-state index contributed by atoms with van der Waals surface area (Å²) in [5.41, 5.74) is 5.57. The lowest BCUT2D eigenvalue weighted by Gasteiger charge is -2.10. The second-order valence-electron chi connectivity index (χ2n) is 7.13. The van der Waals surface area contributed by atoms with E-state index in [1.807, 2.05) is 32.0 Å². The minimum absolute atomic E-state index is 0.0872. The number of nitrogens with one attached hydrogen (secondary N) is 3. The molecule has 1 aromatic heterocycles. The first-order chi connectivity index (χ1) is 15.9. The zero-order valence-corrected chi connectivity index (χ0v) is 18.3. The number of furan rings is 1.